The number of aromatic amines is 1. The van der Waals surface area contributed by atoms with Crippen molar-refractivity contribution >= 4 is 0 Å². The van der Waals surface area contributed by atoms with Gasteiger partial charge in [0.15, 0.2) is 0 Å². The zero-order valence-electron chi connectivity index (χ0n) is 14.9. The van der Waals surface area contributed by atoms with E-state index in [1.165, 1.54) is 12.1 Å². The summed E-state index contributed by atoms with van der Waals surface area (Å²) in [6, 6.07) is 14.2. The number of hydrogen-bond acceptors (Lipinski definition) is 4. The molecule has 0 aliphatic carbocycles. The summed E-state index contributed by atoms with van der Waals surface area (Å²) < 4.78 is 19.2. The first-order valence-corrected chi connectivity index (χ1v) is 8.78. The van der Waals surface area contributed by atoms with Gasteiger partial charge in [-0.3, -0.25) is 4.90 Å². The lowest BCUT2D eigenvalue weighted by Gasteiger charge is -2.35. The molecule has 5 nitrogen and oxygen atoms in total. The van der Waals surface area contributed by atoms with Crippen LogP contribution in [-0.4, -0.2) is 28.5 Å². The van der Waals surface area contributed by atoms with Gasteiger partial charge in [-0.15, -0.1) is 0 Å². The van der Waals surface area contributed by atoms with Crippen LogP contribution in [0, 0.1) is 17.1 Å². The maximum absolute atomic E-state index is 13.8. The maximum Gasteiger partial charge on any atom is 0.123 e. The number of nitrogens with one attached hydrogen (secondary N) is 1. The Labute approximate surface area is 157 Å². The van der Waals surface area contributed by atoms with Crippen LogP contribution < -0.4 is 4.74 Å². The topological polar surface area (TPSA) is 64.9 Å². The molecule has 1 aromatic heterocycles. The summed E-state index contributed by atoms with van der Waals surface area (Å²) in [6.45, 7) is 1.31. The van der Waals surface area contributed by atoms with Crippen molar-refractivity contribution in [1.29, 1.82) is 5.26 Å². The van der Waals surface area contributed by atoms with Crippen molar-refractivity contribution in [3.05, 3.63) is 82.7 Å². The van der Waals surface area contributed by atoms with E-state index in [-0.39, 0.29) is 11.9 Å². The quantitative estimate of drug-likeness (QED) is 0.770. The van der Waals surface area contributed by atoms with E-state index >= 15 is 0 Å². The zero-order chi connectivity index (χ0) is 18.8. The molecule has 0 bridgehead atoms. The molecule has 4 rings (SSSR count). The Kier molecular flexibility index (Phi) is 4.61. The van der Waals surface area contributed by atoms with E-state index < -0.39 is 0 Å². The highest BCUT2D eigenvalue weighted by atomic mass is 19.1. The highest BCUT2D eigenvalue weighted by Crippen LogP contribution is 2.35. The molecule has 0 amide bonds. The van der Waals surface area contributed by atoms with Crippen LogP contribution in [0.4, 0.5) is 4.39 Å². The number of hydrogen-bond donors (Lipinski definition) is 1. The first kappa shape index (κ1) is 17.3. The Balaban J connectivity index is 1.75. The number of nitrogens with zero attached hydrogens (tertiary/aromatic N) is 3. The number of rotatable bonds is 4. The average molecular weight is 362 g/mol. The number of methoxy groups -OCH3 is 1. The lowest BCUT2D eigenvalue weighted by molar-refractivity contribution is 0.197. The molecular formula is C21H19FN4O. The van der Waals surface area contributed by atoms with Crippen LogP contribution in [0.3, 0.4) is 0 Å². The fourth-order valence-corrected chi connectivity index (χ4v) is 3.73. The van der Waals surface area contributed by atoms with E-state index in [9.17, 15) is 9.65 Å². The highest BCUT2D eigenvalue weighted by Gasteiger charge is 2.31. The van der Waals surface area contributed by atoms with E-state index in [4.69, 9.17) is 4.74 Å². The monoisotopic (exact) mass is 362 g/mol. The molecule has 0 saturated carbocycles. The molecule has 136 valence electrons. The van der Waals surface area contributed by atoms with Gasteiger partial charge in [-0.05, 0) is 35.9 Å². The third kappa shape index (κ3) is 3.29. The molecule has 2 aromatic carbocycles. The Hall–Kier alpha value is -3.17. The lowest BCUT2D eigenvalue weighted by atomic mass is 9.94. The summed E-state index contributed by atoms with van der Waals surface area (Å²) in [7, 11) is 1.59. The average Bonchev–Trinajstić information content (AvgIpc) is 3.17. The first-order chi connectivity index (χ1) is 13.2. The number of fused-ring (bicyclic) bond motifs is 1. The van der Waals surface area contributed by atoms with Crippen molar-refractivity contribution in [2.75, 3.05) is 13.7 Å². The van der Waals surface area contributed by atoms with Gasteiger partial charge in [0.2, 0.25) is 0 Å². The Morgan fingerprint density at radius 1 is 1.33 bits per heavy atom. The van der Waals surface area contributed by atoms with E-state index in [0.717, 1.165) is 35.5 Å². The van der Waals surface area contributed by atoms with Gasteiger partial charge < -0.3 is 9.72 Å². The molecule has 6 heteroatoms. The van der Waals surface area contributed by atoms with Crippen LogP contribution in [-0.2, 0) is 13.0 Å². The van der Waals surface area contributed by atoms with Crippen molar-refractivity contribution in [1.82, 2.24) is 14.9 Å². The summed E-state index contributed by atoms with van der Waals surface area (Å²) in [5.74, 6) is 0.375. The molecular weight excluding hydrogens is 343 g/mol. The summed E-state index contributed by atoms with van der Waals surface area (Å²) in [5.41, 5.74) is 4.45. The number of ether oxygens (including phenoxy) is 1. The van der Waals surface area contributed by atoms with E-state index in [1.807, 2.05) is 18.2 Å². The standard InChI is InChI=1S/C21H19FN4O/c1-27-19-6-5-17(22)10-16(19)12-26-8-7-18-20(25-13-24-18)21(26)15-4-2-3-14(9-15)11-23/h2-6,9-10,13,21H,7-8,12H2,1H3,(H,24,25)/t21-/m1/s1. The second-order valence-electron chi connectivity index (χ2n) is 6.58. The number of imidazole rings is 1. The molecule has 1 N–H and O–H groups in total. The molecule has 2 heterocycles. The van der Waals surface area contributed by atoms with Crippen molar-refractivity contribution in [2.24, 2.45) is 0 Å². The van der Waals surface area contributed by atoms with E-state index in [2.05, 4.69) is 20.9 Å². The number of nitriles is 1. The fourth-order valence-electron chi connectivity index (χ4n) is 3.73. The normalized spacial score (nSPS) is 16.6. The molecule has 3 aromatic rings. The van der Waals surface area contributed by atoms with Gasteiger partial charge in [-0.1, -0.05) is 12.1 Å². The summed E-state index contributed by atoms with van der Waals surface area (Å²) in [6.07, 6.45) is 2.54. The number of benzene rings is 2. The number of H-pyrrole nitrogens is 1. The van der Waals surface area contributed by atoms with E-state index in [1.54, 1.807) is 25.6 Å². The van der Waals surface area contributed by atoms with Crippen LogP contribution >= 0.6 is 0 Å². The molecule has 0 spiro atoms. The molecule has 0 unspecified atom stereocenters. The van der Waals surface area contributed by atoms with Crippen molar-refractivity contribution in [2.45, 2.75) is 19.0 Å². The van der Waals surface area contributed by atoms with Crippen LogP contribution in [0.2, 0.25) is 0 Å². The van der Waals surface area contributed by atoms with Gasteiger partial charge in [-0.2, -0.15) is 5.26 Å². The van der Waals surface area contributed by atoms with Crippen molar-refractivity contribution < 1.29 is 9.13 Å². The minimum Gasteiger partial charge on any atom is -0.496 e. The predicted octanol–water partition coefficient (Wildman–Crippen LogP) is 3.58. The Bertz CT molecular complexity index is 1010. The molecule has 1 aliphatic rings. The molecule has 1 aliphatic heterocycles. The molecule has 27 heavy (non-hydrogen) atoms. The van der Waals surface area contributed by atoms with E-state index in [0.29, 0.717) is 17.9 Å². The van der Waals surface area contributed by atoms with Gasteiger partial charge in [0.25, 0.3) is 0 Å². The lowest BCUT2D eigenvalue weighted by Crippen LogP contribution is -2.36. The van der Waals surface area contributed by atoms with Crippen molar-refractivity contribution in [3.63, 3.8) is 0 Å². The third-order valence-corrected chi connectivity index (χ3v) is 4.97. The fraction of sp³-hybridized carbons (Fsp3) is 0.238. The minimum atomic E-state index is -0.286. The summed E-state index contributed by atoms with van der Waals surface area (Å²) in [5, 5.41) is 9.27. The van der Waals surface area contributed by atoms with Crippen molar-refractivity contribution in [3.8, 4) is 11.8 Å². The molecule has 0 radical (unpaired) electrons. The maximum atomic E-state index is 13.8. The molecule has 0 saturated heterocycles. The van der Waals surface area contributed by atoms with Gasteiger partial charge in [-0.25, -0.2) is 9.37 Å². The Morgan fingerprint density at radius 2 is 2.22 bits per heavy atom. The first-order valence-electron chi connectivity index (χ1n) is 8.78. The second kappa shape index (κ2) is 7.22. The van der Waals surface area contributed by atoms with Crippen LogP contribution in [0.25, 0.3) is 0 Å². The Morgan fingerprint density at radius 3 is 3.04 bits per heavy atom. The van der Waals surface area contributed by atoms with Gasteiger partial charge >= 0.3 is 0 Å². The second-order valence-corrected chi connectivity index (χ2v) is 6.58. The van der Waals surface area contributed by atoms with Gasteiger partial charge in [0.05, 0.1) is 36.8 Å². The van der Waals surface area contributed by atoms with Gasteiger partial charge in [0.1, 0.15) is 11.6 Å². The van der Waals surface area contributed by atoms with Gasteiger partial charge in [0, 0.05) is 30.8 Å². The SMILES string of the molecule is COc1ccc(F)cc1CN1CCc2[nH]cnc2[C@H]1c1cccc(C#N)c1. The minimum absolute atomic E-state index is 0.110. The van der Waals surface area contributed by atoms with Crippen LogP contribution in [0.15, 0.2) is 48.8 Å². The zero-order valence-corrected chi connectivity index (χ0v) is 14.9. The largest absolute Gasteiger partial charge is 0.496 e. The summed E-state index contributed by atoms with van der Waals surface area (Å²) in [4.78, 5) is 10.00. The smallest absolute Gasteiger partial charge is 0.123 e. The molecule has 0 fully saturated rings. The third-order valence-electron chi connectivity index (χ3n) is 4.97. The van der Waals surface area contributed by atoms with Crippen LogP contribution in [0.1, 0.15) is 34.1 Å². The predicted molar refractivity (Wildman–Crippen MR) is 98.7 cm³/mol. The number of aromatic nitrogens is 2. The molecule has 1 atom stereocenters. The van der Waals surface area contributed by atoms with Crippen LogP contribution in [0.5, 0.6) is 5.75 Å². The highest BCUT2D eigenvalue weighted by molar-refractivity contribution is 5.40. The number of halogens is 1. The summed E-state index contributed by atoms with van der Waals surface area (Å²) >= 11 is 0.